The van der Waals surface area contributed by atoms with E-state index in [9.17, 15) is 8.78 Å². The Bertz CT molecular complexity index is 861. The van der Waals surface area contributed by atoms with Gasteiger partial charge in [-0.2, -0.15) is 10.4 Å². The van der Waals surface area contributed by atoms with E-state index in [1.165, 1.54) is 6.33 Å². The van der Waals surface area contributed by atoms with Crippen molar-refractivity contribution in [2.45, 2.75) is 13.1 Å². The maximum absolute atomic E-state index is 13.9. The Balaban J connectivity index is 1.79. The predicted molar refractivity (Wildman–Crippen MR) is 84.0 cm³/mol. The molecule has 0 aliphatic heterocycles. The highest BCUT2D eigenvalue weighted by Gasteiger charge is 2.12. The van der Waals surface area contributed by atoms with Gasteiger partial charge in [-0.05, 0) is 23.3 Å². The van der Waals surface area contributed by atoms with Crippen LogP contribution in [-0.4, -0.2) is 14.8 Å². The monoisotopic (exact) mass is 325 g/mol. The van der Waals surface area contributed by atoms with Gasteiger partial charge in [-0.25, -0.2) is 18.4 Å². The van der Waals surface area contributed by atoms with Crippen molar-refractivity contribution in [3.05, 3.63) is 77.4 Å². The summed E-state index contributed by atoms with van der Waals surface area (Å²) in [7, 11) is 0. The molecule has 1 aromatic heterocycles. The first kappa shape index (κ1) is 15.6. The first-order chi connectivity index (χ1) is 11.7. The smallest absolute Gasteiger partial charge is 0.150 e. The predicted octanol–water partition coefficient (Wildman–Crippen LogP) is 3.09. The van der Waals surface area contributed by atoms with Gasteiger partial charge >= 0.3 is 0 Å². The van der Waals surface area contributed by atoms with Gasteiger partial charge in [0, 0.05) is 6.54 Å². The summed E-state index contributed by atoms with van der Waals surface area (Å²) < 4.78 is 29.5. The second kappa shape index (κ2) is 6.87. The van der Waals surface area contributed by atoms with Crippen LogP contribution in [0.4, 0.5) is 14.5 Å². The van der Waals surface area contributed by atoms with E-state index in [1.807, 2.05) is 24.3 Å². The van der Waals surface area contributed by atoms with Gasteiger partial charge in [-0.15, -0.1) is 0 Å². The molecule has 3 rings (SSSR count). The average molecular weight is 325 g/mol. The van der Waals surface area contributed by atoms with Gasteiger partial charge in [0.05, 0.1) is 18.2 Å². The van der Waals surface area contributed by atoms with E-state index in [2.05, 4.69) is 15.4 Å². The lowest BCUT2D eigenvalue weighted by Gasteiger charge is -2.13. The van der Waals surface area contributed by atoms with Crippen LogP contribution in [0.3, 0.4) is 0 Å². The molecule has 0 aliphatic carbocycles. The number of hydrogen-bond donors (Lipinski definition) is 1. The third-order valence-corrected chi connectivity index (χ3v) is 3.54. The van der Waals surface area contributed by atoms with Crippen LogP contribution in [0.1, 0.15) is 16.7 Å². The van der Waals surface area contributed by atoms with Crippen molar-refractivity contribution in [2.75, 3.05) is 5.32 Å². The normalized spacial score (nSPS) is 10.4. The first-order valence-corrected chi connectivity index (χ1v) is 7.19. The fraction of sp³-hybridized carbons (Fsp3) is 0.118. The van der Waals surface area contributed by atoms with E-state index in [0.29, 0.717) is 6.54 Å². The van der Waals surface area contributed by atoms with E-state index >= 15 is 0 Å². The standard InChI is InChI=1S/C17H13F2N5/c18-15-5-12(7-20)6-16(19)17(15)22-8-13-3-1-2-4-14(13)9-24-11-21-10-23-24/h1-6,10-11,22H,8-9H2. The second-order valence-electron chi connectivity index (χ2n) is 5.14. The minimum Gasteiger partial charge on any atom is -0.376 e. The van der Waals surface area contributed by atoms with Gasteiger partial charge in [0.1, 0.15) is 18.3 Å². The van der Waals surface area contributed by atoms with E-state index < -0.39 is 11.6 Å². The minimum atomic E-state index is -0.791. The lowest BCUT2D eigenvalue weighted by atomic mass is 10.1. The fourth-order valence-electron chi connectivity index (χ4n) is 2.36. The van der Waals surface area contributed by atoms with Gasteiger partial charge in [-0.3, -0.25) is 0 Å². The topological polar surface area (TPSA) is 66.5 Å². The summed E-state index contributed by atoms with van der Waals surface area (Å²) >= 11 is 0. The van der Waals surface area contributed by atoms with Gasteiger partial charge in [0.25, 0.3) is 0 Å². The van der Waals surface area contributed by atoms with Crippen LogP contribution in [0, 0.1) is 23.0 Å². The number of nitrogens with one attached hydrogen (secondary N) is 1. The molecule has 0 saturated heterocycles. The van der Waals surface area contributed by atoms with E-state index in [-0.39, 0.29) is 17.8 Å². The lowest BCUT2D eigenvalue weighted by Crippen LogP contribution is -2.09. The molecule has 5 nitrogen and oxygen atoms in total. The Labute approximate surface area is 137 Å². The highest BCUT2D eigenvalue weighted by Crippen LogP contribution is 2.22. The number of nitriles is 1. The molecular formula is C17H13F2N5. The van der Waals surface area contributed by atoms with Gasteiger partial charge < -0.3 is 5.32 Å². The summed E-state index contributed by atoms with van der Waals surface area (Å²) in [4.78, 5) is 3.89. The fourth-order valence-corrected chi connectivity index (χ4v) is 2.36. The molecule has 0 atom stereocenters. The van der Waals surface area contributed by atoms with Crippen LogP contribution in [-0.2, 0) is 13.1 Å². The number of anilines is 1. The molecule has 0 radical (unpaired) electrons. The SMILES string of the molecule is N#Cc1cc(F)c(NCc2ccccc2Cn2cncn2)c(F)c1. The zero-order valence-corrected chi connectivity index (χ0v) is 12.6. The molecule has 24 heavy (non-hydrogen) atoms. The van der Waals surface area contributed by atoms with Crippen molar-refractivity contribution in [1.82, 2.24) is 14.8 Å². The molecule has 1 heterocycles. The van der Waals surface area contributed by atoms with Crippen molar-refractivity contribution in [3.8, 4) is 6.07 Å². The molecule has 0 amide bonds. The van der Waals surface area contributed by atoms with Crippen LogP contribution in [0.25, 0.3) is 0 Å². The van der Waals surface area contributed by atoms with Crippen LogP contribution in [0.15, 0.2) is 49.1 Å². The molecule has 0 saturated carbocycles. The molecule has 0 aliphatic rings. The first-order valence-electron chi connectivity index (χ1n) is 7.19. The van der Waals surface area contributed by atoms with Crippen molar-refractivity contribution >= 4 is 5.69 Å². The molecule has 3 aromatic rings. The zero-order valence-electron chi connectivity index (χ0n) is 12.6. The van der Waals surface area contributed by atoms with Crippen molar-refractivity contribution in [3.63, 3.8) is 0 Å². The highest BCUT2D eigenvalue weighted by atomic mass is 19.1. The largest absolute Gasteiger partial charge is 0.376 e. The Morgan fingerprint density at radius 1 is 1.12 bits per heavy atom. The molecule has 7 heteroatoms. The van der Waals surface area contributed by atoms with E-state index in [1.54, 1.807) is 17.1 Å². The molecule has 0 fully saturated rings. The van der Waals surface area contributed by atoms with Crippen molar-refractivity contribution in [1.29, 1.82) is 5.26 Å². The van der Waals surface area contributed by atoms with Crippen LogP contribution >= 0.6 is 0 Å². The summed E-state index contributed by atoms with van der Waals surface area (Å²) in [5.74, 6) is -1.58. The van der Waals surface area contributed by atoms with Gasteiger partial charge in [0.15, 0.2) is 11.6 Å². The molecule has 0 unspecified atom stereocenters. The Morgan fingerprint density at radius 2 is 1.83 bits per heavy atom. The molecule has 2 aromatic carbocycles. The summed E-state index contributed by atoms with van der Waals surface area (Å²) in [5, 5.41) is 15.5. The Hall–Kier alpha value is -3.27. The second-order valence-corrected chi connectivity index (χ2v) is 5.14. The number of aromatic nitrogens is 3. The minimum absolute atomic E-state index is 0.0536. The lowest BCUT2D eigenvalue weighted by molar-refractivity contribution is 0.587. The van der Waals surface area contributed by atoms with E-state index in [0.717, 1.165) is 23.3 Å². The zero-order chi connectivity index (χ0) is 16.9. The number of halogens is 2. The molecular weight excluding hydrogens is 312 g/mol. The Morgan fingerprint density at radius 3 is 2.46 bits per heavy atom. The van der Waals surface area contributed by atoms with Crippen molar-refractivity contribution in [2.24, 2.45) is 0 Å². The van der Waals surface area contributed by atoms with Gasteiger partial charge in [0.2, 0.25) is 0 Å². The summed E-state index contributed by atoms with van der Waals surface area (Å²) in [6.07, 6.45) is 3.05. The maximum Gasteiger partial charge on any atom is 0.150 e. The third-order valence-electron chi connectivity index (χ3n) is 3.54. The van der Waals surface area contributed by atoms with Gasteiger partial charge in [-0.1, -0.05) is 24.3 Å². The van der Waals surface area contributed by atoms with Crippen LogP contribution in [0.5, 0.6) is 0 Å². The summed E-state index contributed by atoms with van der Waals surface area (Å²) in [5.41, 5.74) is 1.55. The molecule has 0 bridgehead atoms. The Kier molecular flexibility index (Phi) is 4.47. The quantitative estimate of drug-likeness (QED) is 0.783. The van der Waals surface area contributed by atoms with Crippen molar-refractivity contribution < 1.29 is 8.78 Å². The number of nitrogens with zero attached hydrogens (tertiary/aromatic N) is 4. The number of hydrogen-bond acceptors (Lipinski definition) is 4. The van der Waals surface area contributed by atoms with Crippen LogP contribution < -0.4 is 5.32 Å². The maximum atomic E-state index is 13.9. The number of rotatable bonds is 5. The van der Waals surface area contributed by atoms with E-state index in [4.69, 9.17) is 5.26 Å². The highest BCUT2D eigenvalue weighted by molar-refractivity contribution is 5.51. The molecule has 1 N–H and O–H groups in total. The summed E-state index contributed by atoms with van der Waals surface area (Å²) in [6, 6.07) is 11.3. The van der Waals surface area contributed by atoms with Crippen LogP contribution in [0.2, 0.25) is 0 Å². The molecule has 0 spiro atoms. The average Bonchev–Trinajstić information content (AvgIpc) is 3.08. The number of benzene rings is 2. The third kappa shape index (κ3) is 3.38. The molecule has 120 valence electrons. The summed E-state index contributed by atoms with van der Waals surface area (Å²) in [6.45, 7) is 0.751.